The first-order chi connectivity index (χ1) is 10.5. The number of imidazole rings is 1. The molecule has 1 aromatic heterocycles. The zero-order valence-electron chi connectivity index (χ0n) is 12.6. The molecule has 1 atom stereocenters. The van der Waals surface area contributed by atoms with Crippen LogP contribution in [0.4, 0.5) is 0 Å². The highest BCUT2D eigenvalue weighted by Gasteiger charge is 2.18. The third-order valence-corrected chi connectivity index (χ3v) is 3.78. The fraction of sp³-hybridized carbons (Fsp3) is 0.375. The van der Waals surface area contributed by atoms with E-state index < -0.39 is 12.0 Å². The third kappa shape index (κ3) is 4.68. The number of nitrogens with zero attached hydrogens (tertiary/aromatic N) is 1. The lowest BCUT2D eigenvalue weighted by Gasteiger charge is -2.15. The number of aromatic nitrogens is 2. The SMILES string of the molecule is CC(C)CC(NCc1ncc(-c2cccc(Br)c2)[nH]1)C(=O)O. The maximum absolute atomic E-state index is 11.2. The first-order valence-corrected chi connectivity index (χ1v) is 8.01. The molecule has 1 aromatic carbocycles. The standard InChI is InChI=1S/C16H20BrN3O2/c1-10(2)6-13(16(21)22)18-9-15-19-8-14(20-15)11-4-3-5-12(17)7-11/h3-5,7-8,10,13,18H,6,9H2,1-2H3,(H,19,20)(H,21,22). The molecule has 0 saturated heterocycles. The van der Waals surface area contributed by atoms with Crippen molar-refractivity contribution in [1.82, 2.24) is 15.3 Å². The van der Waals surface area contributed by atoms with Crippen LogP contribution in [0.25, 0.3) is 11.3 Å². The Kier molecular flexibility index (Phi) is 5.74. The molecule has 2 rings (SSSR count). The lowest BCUT2D eigenvalue weighted by molar-refractivity contribution is -0.140. The molecule has 1 unspecified atom stereocenters. The number of hydrogen-bond donors (Lipinski definition) is 3. The normalized spacial score (nSPS) is 12.5. The number of carboxylic acids is 1. The van der Waals surface area contributed by atoms with E-state index in [0.717, 1.165) is 21.6 Å². The molecule has 5 nitrogen and oxygen atoms in total. The lowest BCUT2D eigenvalue weighted by atomic mass is 10.0. The minimum atomic E-state index is -0.826. The highest BCUT2D eigenvalue weighted by molar-refractivity contribution is 9.10. The molecule has 2 aromatic rings. The lowest BCUT2D eigenvalue weighted by Crippen LogP contribution is -2.37. The Bertz CT molecular complexity index is 640. The van der Waals surface area contributed by atoms with Crippen LogP contribution < -0.4 is 5.32 Å². The van der Waals surface area contributed by atoms with Crippen molar-refractivity contribution in [3.63, 3.8) is 0 Å². The van der Waals surface area contributed by atoms with Gasteiger partial charge in [-0.25, -0.2) is 4.98 Å². The van der Waals surface area contributed by atoms with E-state index in [-0.39, 0.29) is 0 Å². The number of H-pyrrole nitrogens is 1. The molecule has 6 heteroatoms. The van der Waals surface area contributed by atoms with Crippen molar-refractivity contribution in [2.45, 2.75) is 32.9 Å². The molecule has 0 saturated carbocycles. The van der Waals surface area contributed by atoms with Gasteiger partial charge >= 0.3 is 5.97 Å². The van der Waals surface area contributed by atoms with E-state index in [1.54, 1.807) is 6.20 Å². The summed E-state index contributed by atoms with van der Waals surface area (Å²) >= 11 is 3.44. The molecule has 0 aliphatic carbocycles. The fourth-order valence-electron chi connectivity index (χ4n) is 2.22. The van der Waals surface area contributed by atoms with Gasteiger partial charge in [0.1, 0.15) is 11.9 Å². The van der Waals surface area contributed by atoms with Crippen molar-refractivity contribution < 1.29 is 9.90 Å². The Balaban J connectivity index is 2.01. The number of rotatable bonds is 7. The van der Waals surface area contributed by atoms with Crippen LogP contribution in [0.15, 0.2) is 34.9 Å². The van der Waals surface area contributed by atoms with Crippen molar-refractivity contribution in [3.8, 4) is 11.3 Å². The topological polar surface area (TPSA) is 78.0 Å². The van der Waals surface area contributed by atoms with Gasteiger partial charge in [0, 0.05) is 10.0 Å². The molecule has 0 aliphatic heterocycles. The molecule has 3 N–H and O–H groups in total. The number of aromatic amines is 1. The smallest absolute Gasteiger partial charge is 0.320 e. The third-order valence-electron chi connectivity index (χ3n) is 3.29. The van der Waals surface area contributed by atoms with Gasteiger partial charge in [0.25, 0.3) is 0 Å². The van der Waals surface area contributed by atoms with Crippen LogP contribution in [0.1, 0.15) is 26.1 Å². The van der Waals surface area contributed by atoms with Gasteiger partial charge in [-0.15, -0.1) is 0 Å². The monoisotopic (exact) mass is 365 g/mol. The van der Waals surface area contributed by atoms with E-state index >= 15 is 0 Å². The summed E-state index contributed by atoms with van der Waals surface area (Å²) in [5.74, 6) is 0.222. The van der Waals surface area contributed by atoms with E-state index in [1.165, 1.54) is 0 Å². The Hall–Kier alpha value is -1.66. The zero-order valence-corrected chi connectivity index (χ0v) is 14.2. The molecule has 0 spiro atoms. The van der Waals surface area contributed by atoms with E-state index in [1.807, 2.05) is 38.1 Å². The van der Waals surface area contributed by atoms with E-state index in [0.29, 0.717) is 18.9 Å². The van der Waals surface area contributed by atoms with Crippen LogP contribution in [-0.2, 0) is 11.3 Å². The Morgan fingerprint density at radius 2 is 2.23 bits per heavy atom. The van der Waals surface area contributed by atoms with Crippen LogP contribution in [0.3, 0.4) is 0 Å². The number of hydrogen-bond acceptors (Lipinski definition) is 3. The average Bonchev–Trinajstić information content (AvgIpc) is 2.91. The molecule has 0 aliphatic rings. The summed E-state index contributed by atoms with van der Waals surface area (Å²) in [7, 11) is 0. The van der Waals surface area contributed by atoms with Gasteiger partial charge in [-0.05, 0) is 24.5 Å². The molecule has 22 heavy (non-hydrogen) atoms. The summed E-state index contributed by atoms with van der Waals surface area (Å²) in [6.45, 7) is 4.42. The quantitative estimate of drug-likeness (QED) is 0.702. The van der Waals surface area contributed by atoms with Crippen molar-refractivity contribution >= 4 is 21.9 Å². The Labute approximate surface area is 138 Å². The maximum atomic E-state index is 11.2. The van der Waals surface area contributed by atoms with E-state index in [9.17, 15) is 9.90 Å². The molecule has 0 fully saturated rings. The summed E-state index contributed by atoms with van der Waals surface area (Å²) in [6, 6.07) is 7.37. The highest BCUT2D eigenvalue weighted by atomic mass is 79.9. The van der Waals surface area contributed by atoms with Crippen molar-refractivity contribution in [3.05, 3.63) is 40.8 Å². The van der Waals surface area contributed by atoms with Gasteiger partial charge in [0.05, 0.1) is 18.4 Å². The molecule has 0 bridgehead atoms. The Morgan fingerprint density at radius 3 is 2.86 bits per heavy atom. The minimum Gasteiger partial charge on any atom is -0.480 e. The molecule has 1 heterocycles. The van der Waals surface area contributed by atoms with Crippen LogP contribution in [0.5, 0.6) is 0 Å². The number of nitrogens with one attached hydrogen (secondary N) is 2. The predicted molar refractivity (Wildman–Crippen MR) is 89.4 cm³/mol. The molecular formula is C16H20BrN3O2. The van der Waals surface area contributed by atoms with Gasteiger partial charge in [-0.1, -0.05) is 41.9 Å². The summed E-state index contributed by atoms with van der Waals surface area (Å²) in [5, 5.41) is 12.3. The van der Waals surface area contributed by atoms with Crippen molar-refractivity contribution in [2.75, 3.05) is 0 Å². The van der Waals surface area contributed by atoms with Gasteiger partial charge in [-0.2, -0.15) is 0 Å². The van der Waals surface area contributed by atoms with Crippen LogP contribution in [-0.4, -0.2) is 27.1 Å². The molecule has 0 amide bonds. The predicted octanol–water partition coefficient (Wildman–Crippen LogP) is 3.43. The second-order valence-corrected chi connectivity index (χ2v) is 6.57. The molecular weight excluding hydrogens is 346 g/mol. The largest absolute Gasteiger partial charge is 0.480 e. The van der Waals surface area contributed by atoms with Crippen LogP contribution in [0, 0.1) is 5.92 Å². The number of carbonyl (C=O) groups is 1. The number of halogens is 1. The fourth-order valence-corrected chi connectivity index (χ4v) is 2.62. The number of carboxylic acid groups (broad SMARTS) is 1. The first kappa shape index (κ1) is 16.7. The summed E-state index contributed by atoms with van der Waals surface area (Å²) in [4.78, 5) is 18.7. The summed E-state index contributed by atoms with van der Waals surface area (Å²) < 4.78 is 1.00. The minimum absolute atomic E-state index is 0.322. The number of aliphatic carboxylic acids is 1. The number of benzene rings is 1. The van der Waals surface area contributed by atoms with E-state index in [2.05, 4.69) is 31.2 Å². The summed E-state index contributed by atoms with van der Waals surface area (Å²) in [6.07, 6.45) is 2.35. The maximum Gasteiger partial charge on any atom is 0.320 e. The second kappa shape index (κ2) is 7.56. The van der Waals surface area contributed by atoms with Crippen molar-refractivity contribution in [2.24, 2.45) is 5.92 Å². The zero-order chi connectivity index (χ0) is 16.1. The molecule has 118 valence electrons. The van der Waals surface area contributed by atoms with Crippen molar-refractivity contribution in [1.29, 1.82) is 0 Å². The van der Waals surface area contributed by atoms with E-state index in [4.69, 9.17) is 0 Å². The highest BCUT2D eigenvalue weighted by Crippen LogP contribution is 2.21. The van der Waals surface area contributed by atoms with Gasteiger partial charge in [0.2, 0.25) is 0 Å². The summed E-state index contributed by atoms with van der Waals surface area (Å²) in [5.41, 5.74) is 1.94. The first-order valence-electron chi connectivity index (χ1n) is 7.21. The van der Waals surface area contributed by atoms with Gasteiger partial charge in [0.15, 0.2) is 0 Å². The van der Waals surface area contributed by atoms with Crippen LogP contribution >= 0.6 is 15.9 Å². The van der Waals surface area contributed by atoms with Gasteiger partial charge in [-0.3, -0.25) is 10.1 Å². The molecule has 0 radical (unpaired) electrons. The van der Waals surface area contributed by atoms with Gasteiger partial charge < -0.3 is 10.1 Å². The van der Waals surface area contributed by atoms with Crippen LogP contribution in [0.2, 0.25) is 0 Å². The average molecular weight is 366 g/mol. The Morgan fingerprint density at radius 1 is 1.45 bits per heavy atom. The second-order valence-electron chi connectivity index (χ2n) is 5.66.